The lowest BCUT2D eigenvalue weighted by molar-refractivity contribution is -0.117. The van der Waals surface area contributed by atoms with Crippen molar-refractivity contribution in [3.63, 3.8) is 0 Å². The first-order valence-corrected chi connectivity index (χ1v) is 12.1. The minimum absolute atomic E-state index is 0.0146. The molecule has 0 saturated heterocycles. The molecule has 1 fully saturated rings. The maximum absolute atomic E-state index is 12.7. The molecule has 34 heavy (non-hydrogen) atoms. The lowest BCUT2D eigenvalue weighted by atomic mass is 10.0. The Labute approximate surface area is 195 Å². The zero-order valence-electron chi connectivity index (χ0n) is 17.9. The number of benzene rings is 2. The first-order chi connectivity index (χ1) is 16.3. The van der Waals surface area contributed by atoms with E-state index in [0.29, 0.717) is 17.2 Å². The molecule has 0 bridgehead atoms. The number of nitrogens with one attached hydrogen (secondary N) is 3. The second-order valence-electron chi connectivity index (χ2n) is 8.13. The van der Waals surface area contributed by atoms with Gasteiger partial charge >= 0.3 is 0 Å². The van der Waals surface area contributed by atoms with Crippen LogP contribution in [-0.4, -0.2) is 30.2 Å². The number of nitrogens with zero attached hydrogens (tertiary/aromatic N) is 1. The fourth-order valence-corrected chi connectivity index (χ4v) is 4.70. The first-order valence-electron chi connectivity index (χ1n) is 10.6. The average Bonchev–Trinajstić information content (AvgIpc) is 3.57. The minimum Gasteiger partial charge on any atom is -0.366 e. The Kier molecular flexibility index (Phi) is 5.29. The summed E-state index contributed by atoms with van der Waals surface area (Å²) in [5.41, 5.74) is 8.15. The molecular formula is C24H21N5O4S. The number of amides is 2. The van der Waals surface area contributed by atoms with E-state index in [2.05, 4.69) is 20.0 Å². The van der Waals surface area contributed by atoms with Crippen molar-refractivity contribution < 1.29 is 18.0 Å². The van der Waals surface area contributed by atoms with E-state index in [-0.39, 0.29) is 22.3 Å². The molecule has 0 atom stereocenters. The number of pyridine rings is 1. The molecule has 2 aromatic heterocycles. The third-order valence-corrected chi connectivity index (χ3v) is 7.02. The van der Waals surface area contributed by atoms with Gasteiger partial charge in [0.05, 0.1) is 4.90 Å². The molecule has 4 aromatic rings. The van der Waals surface area contributed by atoms with Gasteiger partial charge in [0, 0.05) is 28.8 Å². The van der Waals surface area contributed by atoms with Crippen LogP contribution in [0.15, 0.2) is 71.8 Å². The van der Waals surface area contributed by atoms with E-state index in [0.717, 1.165) is 29.4 Å². The Morgan fingerprint density at radius 1 is 1.00 bits per heavy atom. The quantitative estimate of drug-likeness (QED) is 0.323. The number of nitrogens with two attached hydrogens (primary N) is 1. The molecule has 172 valence electrons. The van der Waals surface area contributed by atoms with Crippen molar-refractivity contribution in [3.05, 3.63) is 72.4 Å². The molecule has 9 nitrogen and oxygen atoms in total. The number of primary amides is 1. The summed E-state index contributed by atoms with van der Waals surface area (Å²) in [4.78, 5) is 31.0. The number of carbonyl (C=O) groups excluding carboxylic acids is 2. The highest BCUT2D eigenvalue weighted by molar-refractivity contribution is 7.92. The highest BCUT2D eigenvalue weighted by atomic mass is 32.2. The van der Waals surface area contributed by atoms with Crippen molar-refractivity contribution in [2.45, 2.75) is 17.7 Å². The number of hydrogen-bond donors (Lipinski definition) is 4. The van der Waals surface area contributed by atoms with Crippen molar-refractivity contribution >= 4 is 44.4 Å². The average molecular weight is 476 g/mol. The van der Waals surface area contributed by atoms with Crippen LogP contribution in [0.4, 0.5) is 11.5 Å². The molecule has 1 aliphatic rings. The molecule has 2 heterocycles. The first kappa shape index (κ1) is 21.7. The van der Waals surface area contributed by atoms with Crippen molar-refractivity contribution in [2.24, 2.45) is 11.7 Å². The van der Waals surface area contributed by atoms with Crippen molar-refractivity contribution in [1.29, 1.82) is 0 Å². The molecule has 0 unspecified atom stereocenters. The monoisotopic (exact) mass is 475 g/mol. The second-order valence-corrected chi connectivity index (χ2v) is 9.81. The van der Waals surface area contributed by atoms with Crippen LogP contribution in [0.2, 0.25) is 0 Å². The van der Waals surface area contributed by atoms with Crippen LogP contribution in [0.25, 0.3) is 22.2 Å². The van der Waals surface area contributed by atoms with E-state index < -0.39 is 15.9 Å². The lowest BCUT2D eigenvalue weighted by Crippen LogP contribution is -2.14. The van der Waals surface area contributed by atoms with Crippen LogP contribution in [0.5, 0.6) is 0 Å². The maximum atomic E-state index is 12.7. The van der Waals surface area contributed by atoms with Gasteiger partial charge in [-0.05, 0) is 72.5 Å². The van der Waals surface area contributed by atoms with Crippen LogP contribution >= 0.6 is 0 Å². The van der Waals surface area contributed by atoms with Gasteiger partial charge in [-0.1, -0.05) is 12.1 Å². The summed E-state index contributed by atoms with van der Waals surface area (Å²) in [6, 6.07) is 16.0. The number of carbonyl (C=O) groups is 2. The Morgan fingerprint density at radius 2 is 1.71 bits per heavy atom. The van der Waals surface area contributed by atoms with Crippen molar-refractivity contribution in [1.82, 2.24) is 9.97 Å². The van der Waals surface area contributed by atoms with Gasteiger partial charge in [0.2, 0.25) is 11.8 Å². The highest BCUT2D eigenvalue weighted by Crippen LogP contribution is 2.33. The highest BCUT2D eigenvalue weighted by Gasteiger charge is 2.30. The predicted octanol–water partition coefficient (Wildman–Crippen LogP) is 3.48. The van der Waals surface area contributed by atoms with Crippen molar-refractivity contribution in [3.8, 4) is 11.1 Å². The van der Waals surface area contributed by atoms with Gasteiger partial charge in [0.25, 0.3) is 10.0 Å². The summed E-state index contributed by atoms with van der Waals surface area (Å²) >= 11 is 0. The number of hydrogen-bond acceptors (Lipinski definition) is 5. The molecule has 0 aliphatic heterocycles. The van der Waals surface area contributed by atoms with Gasteiger partial charge in [0.15, 0.2) is 0 Å². The molecule has 5 N–H and O–H groups in total. The lowest BCUT2D eigenvalue weighted by Gasteiger charge is -2.11. The molecule has 0 spiro atoms. The number of aromatic nitrogens is 2. The smallest absolute Gasteiger partial charge is 0.261 e. The number of aromatic amines is 1. The summed E-state index contributed by atoms with van der Waals surface area (Å²) in [6.07, 6.45) is 3.58. The number of sulfonamides is 1. The maximum Gasteiger partial charge on any atom is 0.261 e. The van der Waals surface area contributed by atoms with Crippen LogP contribution in [-0.2, 0) is 14.8 Å². The predicted molar refractivity (Wildman–Crippen MR) is 129 cm³/mol. The van der Waals surface area contributed by atoms with Gasteiger partial charge < -0.3 is 16.0 Å². The van der Waals surface area contributed by atoms with Gasteiger partial charge in [-0.3, -0.25) is 14.3 Å². The fourth-order valence-electron chi connectivity index (χ4n) is 3.64. The number of H-pyrrole nitrogens is 1. The second kappa shape index (κ2) is 8.31. The zero-order valence-corrected chi connectivity index (χ0v) is 18.7. The third-order valence-electron chi connectivity index (χ3n) is 5.63. The summed E-state index contributed by atoms with van der Waals surface area (Å²) in [6.45, 7) is 0. The van der Waals surface area contributed by atoms with E-state index in [1.807, 2.05) is 12.1 Å². The molecular weight excluding hydrogens is 454 g/mol. The zero-order chi connectivity index (χ0) is 23.9. The third kappa shape index (κ3) is 4.35. The minimum atomic E-state index is -3.85. The van der Waals surface area contributed by atoms with E-state index in [1.165, 1.54) is 24.3 Å². The summed E-state index contributed by atoms with van der Waals surface area (Å²) < 4.78 is 27.9. The number of anilines is 2. The Balaban J connectivity index is 1.40. The number of fused-ring (bicyclic) bond motifs is 1. The summed E-state index contributed by atoms with van der Waals surface area (Å²) in [7, 11) is -3.85. The van der Waals surface area contributed by atoms with Gasteiger partial charge in [-0.15, -0.1) is 0 Å². The Bertz CT molecular complexity index is 1510. The van der Waals surface area contributed by atoms with E-state index in [1.54, 1.807) is 30.5 Å². The molecule has 2 amide bonds. The molecule has 1 aliphatic carbocycles. The molecule has 0 radical (unpaired) electrons. The van der Waals surface area contributed by atoms with Crippen LogP contribution in [0.3, 0.4) is 0 Å². The standard InChI is InChI=1S/C24H21N5O4S/c25-22(30)15-5-9-18(10-6-15)34(32,33)29-17-7-3-14(4-8-17)20-13-21(28-24(31)16-1-2-16)27-23-19(20)11-12-26-23/h3-13,16,29H,1-2H2,(H2,25,30)(H2,26,27,28,31). The topological polar surface area (TPSA) is 147 Å². The molecule has 10 heteroatoms. The molecule has 2 aromatic carbocycles. The molecule has 1 saturated carbocycles. The molecule has 5 rings (SSSR count). The van der Waals surface area contributed by atoms with Crippen LogP contribution < -0.4 is 15.8 Å². The Morgan fingerprint density at radius 3 is 2.35 bits per heavy atom. The summed E-state index contributed by atoms with van der Waals surface area (Å²) in [5, 5.41) is 3.76. The van der Waals surface area contributed by atoms with E-state index in [9.17, 15) is 18.0 Å². The van der Waals surface area contributed by atoms with Crippen molar-refractivity contribution in [2.75, 3.05) is 10.0 Å². The largest absolute Gasteiger partial charge is 0.366 e. The van der Waals surface area contributed by atoms with Crippen LogP contribution in [0.1, 0.15) is 23.2 Å². The SMILES string of the molecule is NC(=O)c1ccc(S(=O)(=O)Nc2ccc(-c3cc(NC(=O)C4CC4)nc4[nH]ccc34)cc2)cc1. The van der Waals surface area contributed by atoms with Gasteiger partial charge in [0.1, 0.15) is 11.5 Å². The summed E-state index contributed by atoms with van der Waals surface area (Å²) in [5.74, 6) is -0.136. The van der Waals surface area contributed by atoms with Crippen LogP contribution in [0, 0.1) is 5.92 Å². The normalized spacial score (nSPS) is 13.5. The van der Waals surface area contributed by atoms with E-state index in [4.69, 9.17) is 5.73 Å². The fraction of sp³-hybridized carbons (Fsp3) is 0.125. The van der Waals surface area contributed by atoms with Gasteiger partial charge in [-0.2, -0.15) is 0 Å². The van der Waals surface area contributed by atoms with Gasteiger partial charge in [-0.25, -0.2) is 13.4 Å². The Hall–Kier alpha value is -4.18. The van der Waals surface area contributed by atoms with E-state index >= 15 is 0 Å². The number of rotatable bonds is 7.